The van der Waals surface area contributed by atoms with E-state index >= 15 is 0 Å². The zero-order valence-electron chi connectivity index (χ0n) is 16.3. The third-order valence-electron chi connectivity index (χ3n) is 5.48. The third-order valence-corrected chi connectivity index (χ3v) is 5.48. The topological polar surface area (TPSA) is 96.6 Å². The SMILES string of the molecule is CN1C(=O)c2cc3ccccc3n2C[C@@]1(C)C(=O)NCC(=O)NCc1ccco1. The number of hydrogen-bond donors (Lipinski definition) is 2. The molecule has 3 amide bonds. The van der Waals surface area contributed by atoms with Gasteiger partial charge in [0.15, 0.2) is 0 Å². The van der Waals surface area contributed by atoms with Gasteiger partial charge in [-0.05, 0) is 31.2 Å². The summed E-state index contributed by atoms with van der Waals surface area (Å²) in [6, 6.07) is 13.0. The summed E-state index contributed by atoms with van der Waals surface area (Å²) in [6.07, 6.45) is 1.53. The number of para-hydroxylation sites is 1. The van der Waals surface area contributed by atoms with Gasteiger partial charge in [0.1, 0.15) is 17.0 Å². The number of carbonyl (C=O) groups is 3. The Morgan fingerprint density at radius 3 is 2.72 bits per heavy atom. The first-order valence-electron chi connectivity index (χ1n) is 9.34. The molecule has 150 valence electrons. The Balaban J connectivity index is 1.47. The average molecular weight is 394 g/mol. The minimum absolute atomic E-state index is 0.184. The number of furan rings is 1. The zero-order chi connectivity index (χ0) is 20.6. The first-order valence-corrected chi connectivity index (χ1v) is 9.34. The van der Waals surface area contributed by atoms with E-state index < -0.39 is 5.54 Å². The molecule has 0 aliphatic carbocycles. The summed E-state index contributed by atoms with van der Waals surface area (Å²) < 4.78 is 7.03. The number of hydrogen-bond acceptors (Lipinski definition) is 4. The van der Waals surface area contributed by atoms with Gasteiger partial charge in [-0.3, -0.25) is 14.4 Å². The maximum absolute atomic E-state index is 13.0. The number of nitrogens with one attached hydrogen (secondary N) is 2. The predicted octanol–water partition coefficient (Wildman–Crippen LogP) is 1.51. The second kappa shape index (κ2) is 7.12. The minimum Gasteiger partial charge on any atom is -0.467 e. The smallest absolute Gasteiger partial charge is 0.271 e. The molecule has 0 radical (unpaired) electrons. The summed E-state index contributed by atoms with van der Waals surface area (Å²) in [6.45, 7) is 2.07. The van der Waals surface area contributed by atoms with Crippen molar-refractivity contribution in [2.75, 3.05) is 13.6 Å². The van der Waals surface area contributed by atoms with Crippen LogP contribution in [-0.4, -0.2) is 46.3 Å². The number of aromatic nitrogens is 1. The highest BCUT2D eigenvalue weighted by Gasteiger charge is 2.45. The molecule has 0 fully saturated rings. The van der Waals surface area contributed by atoms with Gasteiger partial charge in [-0.15, -0.1) is 0 Å². The Labute approximate surface area is 167 Å². The summed E-state index contributed by atoms with van der Waals surface area (Å²) in [5, 5.41) is 6.28. The second-order valence-corrected chi connectivity index (χ2v) is 7.35. The maximum Gasteiger partial charge on any atom is 0.271 e. The molecule has 8 heteroatoms. The fourth-order valence-electron chi connectivity index (χ4n) is 3.60. The lowest BCUT2D eigenvalue weighted by Gasteiger charge is -2.41. The van der Waals surface area contributed by atoms with E-state index in [9.17, 15) is 14.4 Å². The molecule has 0 saturated heterocycles. The largest absolute Gasteiger partial charge is 0.467 e. The van der Waals surface area contributed by atoms with Crippen molar-refractivity contribution in [3.63, 3.8) is 0 Å². The molecule has 1 aliphatic heterocycles. The summed E-state index contributed by atoms with van der Waals surface area (Å²) in [4.78, 5) is 39.4. The molecule has 0 saturated carbocycles. The normalized spacial score (nSPS) is 18.6. The van der Waals surface area contributed by atoms with Crippen molar-refractivity contribution < 1.29 is 18.8 Å². The molecular weight excluding hydrogens is 372 g/mol. The van der Waals surface area contributed by atoms with E-state index in [1.807, 2.05) is 34.9 Å². The van der Waals surface area contributed by atoms with Crippen molar-refractivity contribution in [1.29, 1.82) is 0 Å². The van der Waals surface area contributed by atoms with E-state index in [-0.39, 0.29) is 30.8 Å². The molecule has 2 aromatic heterocycles. The van der Waals surface area contributed by atoms with Crippen LogP contribution in [0.1, 0.15) is 23.2 Å². The molecule has 3 aromatic rings. The average Bonchev–Trinajstić information content (AvgIpc) is 3.37. The van der Waals surface area contributed by atoms with Crippen LogP contribution in [0.15, 0.2) is 53.1 Å². The standard InChI is InChI=1S/C21H22N4O4/c1-21(20(28)23-12-18(26)22-11-15-7-5-9-29-15)13-25-16-8-4-3-6-14(16)10-17(25)19(27)24(21)2/h3-10H,11-13H2,1-2H3,(H,22,26)(H,23,28)/t21-/m0/s1. The lowest BCUT2D eigenvalue weighted by atomic mass is 9.95. The number of likely N-dealkylation sites (N-methyl/N-ethyl adjacent to an activating group) is 1. The Kier molecular flexibility index (Phi) is 4.62. The van der Waals surface area contributed by atoms with Crippen LogP contribution in [0.25, 0.3) is 10.9 Å². The van der Waals surface area contributed by atoms with Crippen LogP contribution in [0.2, 0.25) is 0 Å². The molecular formula is C21H22N4O4. The molecule has 4 rings (SSSR count). The molecule has 8 nitrogen and oxygen atoms in total. The summed E-state index contributed by atoms with van der Waals surface area (Å²) in [5.41, 5.74) is 0.335. The van der Waals surface area contributed by atoms with Gasteiger partial charge in [0.05, 0.1) is 25.9 Å². The van der Waals surface area contributed by atoms with Crippen LogP contribution in [0, 0.1) is 0 Å². The third kappa shape index (κ3) is 3.26. The molecule has 29 heavy (non-hydrogen) atoms. The van der Waals surface area contributed by atoms with Crippen molar-refractivity contribution in [3.05, 3.63) is 60.2 Å². The van der Waals surface area contributed by atoms with Crippen molar-refractivity contribution in [1.82, 2.24) is 20.1 Å². The van der Waals surface area contributed by atoms with Gasteiger partial charge in [-0.1, -0.05) is 18.2 Å². The Hall–Kier alpha value is -3.55. The quantitative estimate of drug-likeness (QED) is 0.686. The molecule has 1 atom stereocenters. The molecule has 2 N–H and O–H groups in total. The number of rotatable bonds is 5. The van der Waals surface area contributed by atoms with Gasteiger partial charge in [0.2, 0.25) is 11.8 Å². The fraction of sp³-hybridized carbons (Fsp3) is 0.286. The number of carbonyl (C=O) groups excluding carboxylic acids is 3. The lowest BCUT2D eigenvalue weighted by Crippen LogP contribution is -2.63. The number of amides is 3. The van der Waals surface area contributed by atoms with E-state index in [1.165, 1.54) is 11.2 Å². The second-order valence-electron chi connectivity index (χ2n) is 7.35. The Morgan fingerprint density at radius 1 is 1.17 bits per heavy atom. The molecule has 0 bridgehead atoms. The molecule has 3 heterocycles. The van der Waals surface area contributed by atoms with Crippen LogP contribution in [0.3, 0.4) is 0 Å². The fourth-order valence-corrected chi connectivity index (χ4v) is 3.60. The highest BCUT2D eigenvalue weighted by molar-refractivity contribution is 6.03. The van der Waals surface area contributed by atoms with Crippen LogP contribution in [0.5, 0.6) is 0 Å². The van der Waals surface area contributed by atoms with Gasteiger partial charge < -0.3 is 24.5 Å². The van der Waals surface area contributed by atoms with E-state index in [0.717, 1.165) is 10.9 Å². The summed E-state index contributed by atoms with van der Waals surface area (Å²) in [7, 11) is 1.61. The van der Waals surface area contributed by atoms with Gasteiger partial charge in [0, 0.05) is 18.0 Å². The van der Waals surface area contributed by atoms with E-state index in [4.69, 9.17) is 4.42 Å². The number of fused-ring (bicyclic) bond motifs is 3. The van der Waals surface area contributed by atoms with E-state index in [1.54, 1.807) is 26.1 Å². The van der Waals surface area contributed by atoms with Gasteiger partial charge in [-0.2, -0.15) is 0 Å². The van der Waals surface area contributed by atoms with Crippen LogP contribution >= 0.6 is 0 Å². The highest BCUT2D eigenvalue weighted by atomic mass is 16.3. The van der Waals surface area contributed by atoms with E-state index in [2.05, 4.69) is 10.6 Å². The van der Waals surface area contributed by atoms with Crippen molar-refractivity contribution in [3.8, 4) is 0 Å². The zero-order valence-corrected chi connectivity index (χ0v) is 16.3. The Morgan fingerprint density at radius 2 is 1.97 bits per heavy atom. The number of benzene rings is 1. The van der Waals surface area contributed by atoms with Crippen LogP contribution in [0.4, 0.5) is 0 Å². The first kappa shape index (κ1) is 18.8. The Bertz CT molecular complexity index is 1090. The molecule has 0 unspecified atom stereocenters. The minimum atomic E-state index is -1.12. The first-order chi connectivity index (χ1) is 13.9. The van der Waals surface area contributed by atoms with Gasteiger partial charge in [-0.25, -0.2) is 0 Å². The van der Waals surface area contributed by atoms with E-state index in [0.29, 0.717) is 18.0 Å². The van der Waals surface area contributed by atoms with Gasteiger partial charge in [0.25, 0.3) is 5.91 Å². The maximum atomic E-state index is 13.0. The predicted molar refractivity (Wildman–Crippen MR) is 106 cm³/mol. The lowest BCUT2D eigenvalue weighted by molar-refractivity contribution is -0.134. The van der Waals surface area contributed by atoms with Gasteiger partial charge >= 0.3 is 0 Å². The molecule has 1 aromatic carbocycles. The molecule has 0 spiro atoms. The number of nitrogens with zero attached hydrogens (tertiary/aromatic N) is 2. The van der Waals surface area contributed by atoms with Crippen molar-refractivity contribution in [2.45, 2.75) is 25.6 Å². The summed E-state index contributed by atoms with van der Waals surface area (Å²) >= 11 is 0. The molecule has 1 aliphatic rings. The van der Waals surface area contributed by atoms with Crippen LogP contribution < -0.4 is 10.6 Å². The summed E-state index contributed by atoms with van der Waals surface area (Å²) in [5.74, 6) is -0.325. The van der Waals surface area contributed by atoms with Crippen LogP contribution in [-0.2, 0) is 22.7 Å². The van der Waals surface area contributed by atoms with Crippen molar-refractivity contribution in [2.24, 2.45) is 0 Å². The highest BCUT2D eigenvalue weighted by Crippen LogP contribution is 2.31. The van der Waals surface area contributed by atoms with Crippen molar-refractivity contribution >= 4 is 28.6 Å². The monoisotopic (exact) mass is 394 g/mol.